The minimum Gasteiger partial charge on any atom is -0.488 e. The van der Waals surface area contributed by atoms with Crippen LogP contribution in [0.3, 0.4) is 0 Å². The van der Waals surface area contributed by atoms with Gasteiger partial charge in [0.2, 0.25) is 0 Å². The number of aryl methyl sites for hydroxylation is 1. The number of benzene rings is 3. The summed E-state index contributed by atoms with van der Waals surface area (Å²) in [4.78, 5) is 0. The quantitative estimate of drug-likeness (QED) is 0.393. The van der Waals surface area contributed by atoms with Crippen molar-refractivity contribution in [3.8, 4) is 5.75 Å². The molecule has 0 aliphatic carbocycles. The predicted octanol–water partition coefficient (Wildman–Crippen LogP) is 6.69. The minimum absolute atomic E-state index is 0.600. The molecule has 0 spiro atoms. The van der Waals surface area contributed by atoms with Gasteiger partial charge in [-0.3, -0.25) is 0 Å². The van der Waals surface area contributed by atoms with Crippen LogP contribution in [0.5, 0.6) is 5.75 Å². The van der Waals surface area contributed by atoms with E-state index in [2.05, 4.69) is 66.7 Å². The molecule has 0 radical (unpaired) electrons. The van der Waals surface area contributed by atoms with E-state index in [0.29, 0.717) is 6.61 Å². The van der Waals surface area contributed by atoms with Gasteiger partial charge in [-0.1, -0.05) is 91.0 Å². The number of allylic oxidation sites excluding steroid dienone is 1. The second-order valence-electron chi connectivity index (χ2n) is 6.45. The van der Waals surface area contributed by atoms with Gasteiger partial charge in [-0.05, 0) is 42.9 Å². The van der Waals surface area contributed by atoms with E-state index in [9.17, 15) is 0 Å². The fourth-order valence-electron chi connectivity index (χ4n) is 2.93. The molecule has 0 aliphatic heterocycles. The Kier molecular flexibility index (Phi) is 7.10. The zero-order chi connectivity index (χ0) is 17.9. The standard InChI is InChI=1S/C25H26O/c1(5-13-22-14-6-3-7-15-22)2-10-18-24-19-11-12-20-25(24)26-21-23-16-8-4-9-17-23/h3-4,6-12,14-20H,1-2,5,13,21H2. The summed E-state index contributed by atoms with van der Waals surface area (Å²) in [5, 5.41) is 0. The molecule has 26 heavy (non-hydrogen) atoms. The van der Waals surface area contributed by atoms with E-state index in [0.717, 1.165) is 24.2 Å². The number of ether oxygens (including phenoxy) is 1. The summed E-state index contributed by atoms with van der Waals surface area (Å²) in [6, 6.07) is 29.2. The first-order chi connectivity index (χ1) is 12.9. The Balaban J connectivity index is 1.46. The van der Waals surface area contributed by atoms with Crippen LogP contribution in [0.15, 0.2) is 91.0 Å². The molecule has 0 aliphatic rings. The smallest absolute Gasteiger partial charge is 0.127 e. The topological polar surface area (TPSA) is 9.23 Å². The average molecular weight is 342 g/mol. The van der Waals surface area contributed by atoms with Gasteiger partial charge in [-0.25, -0.2) is 0 Å². The molecule has 3 rings (SSSR count). The van der Waals surface area contributed by atoms with E-state index in [-0.39, 0.29) is 0 Å². The minimum atomic E-state index is 0.600. The molecular weight excluding hydrogens is 316 g/mol. The van der Waals surface area contributed by atoms with Gasteiger partial charge in [0.1, 0.15) is 12.4 Å². The average Bonchev–Trinajstić information content (AvgIpc) is 2.71. The van der Waals surface area contributed by atoms with E-state index in [1.54, 1.807) is 0 Å². The summed E-state index contributed by atoms with van der Waals surface area (Å²) >= 11 is 0. The van der Waals surface area contributed by atoms with Crippen LogP contribution in [-0.2, 0) is 13.0 Å². The molecule has 3 aromatic carbocycles. The molecule has 0 unspecified atom stereocenters. The molecule has 1 nitrogen and oxygen atoms in total. The zero-order valence-electron chi connectivity index (χ0n) is 15.2. The maximum absolute atomic E-state index is 6.01. The first kappa shape index (κ1) is 18.0. The largest absolute Gasteiger partial charge is 0.488 e. The van der Waals surface area contributed by atoms with Crippen molar-refractivity contribution < 1.29 is 4.74 Å². The third-order valence-electron chi connectivity index (χ3n) is 4.38. The maximum atomic E-state index is 6.01. The molecule has 3 aromatic rings. The number of para-hydroxylation sites is 1. The van der Waals surface area contributed by atoms with Crippen molar-refractivity contribution in [3.05, 3.63) is 108 Å². The third kappa shape index (κ3) is 5.93. The van der Waals surface area contributed by atoms with E-state index in [1.807, 2.05) is 30.3 Å². The van der Waals surface area contributed by atoms with Crippen LogP contribution >= 0.6 is 0 Å². The molecule has 0 N–H and O–H groups in total. The lowest BCUT2D eigenvalue weighted by molar-refractivity contribution is 0.305. The highest BCUT2D eigenvalue weighted by atomic mass is 16.5. The second-order valence-corrected chi connectivity index (χ2v) is 6.45. The zero-order valence-corrected chi connectivity index (χ0v) is 15.2. The van der Waals surface area contributed by atoms with E-state index < -0.39 is 0 Å². The normalized spacial score (nSPS) is 10.9. The highest BCUT2D eigenvalue weighted by molar-refractivity contribution is 5.57. The highest BCUT2D eigenvalue weighted by Crippen LogP contribution is 2.21. The summed E-state index contributed by atoms with van der Waals surface area (Å²) in [5.41, 5.74) is 3.76. The third-order valence-corrected chi connectivity index (χ3v) is 4.38. The van der Waals surface area contributed by atoms with Gasteiger partial charge in [-0.15, -0.1) is 0 Å². The number of rotatable bonds is 9. The predicted molar refractivity (Wildman–Crippen MR) is 110 cm³/mol. The van der Waals surface area contributed by atoms with Crippen LogP contribution in [0, 0.1) is 0 Å². The Bertz CT molecular complexity index is 791. The summed E-state index contributed by atoms with van der Waals surface area (Å²) in [6.45, 7) is 0.600. The van der Waals surface area contributed by atoms with Crippen molar-refractivity contribution in [3.63, 3.8) is 0 Å². The lowest BCUT2D eigenvalue weighted by atomic mass is 10.1. The van der Waals surface area contributed by atoms with Gasteiger partial charge >= 0.3 is 0 Å². The molecule has 0 bridgehead atoms. The van der Waals surface area contributed by atoms with Gasteiger partial charge in [0.25, 0.3) is 0 Å². The number of hydrogen-bond acceptors (Lipinski definition) is 1. The van der Waals surface area contributed by atoms with Crippen molar-refractivity contribution in [1.29, 1.82) is 0 Å². The molecule has 0 fully saturated rings. The molecule has 0 saturated heterocycles. The maximum Gasteiger partial charge on any atom is 0.127 e. The van der Waals surface area contributed by atoms with Crippen molar-refractivity contribution >= 4 is 6.08 Å². The van der Waals surface area contributed by atoms with Crippen molar-refractivity contribution in [2.45, 2.75) is 32.3 Å². The van der Waals surface area contributed by atoms with Gasteiger partial charge in [0, 0.05) is 5.56 Å². The fourth-order valence-corrected chi connectivity index (χ4v) is 2.93. The monoisotopic (exact) mass is 342 g/mol. The summed E-state index contributed by atoms with van der Waals surface area (Å²) < 4.78 is 6.01. The SMILES string of the molecule is C(=Cc1ccccc1OCc1ccccc1)CCCCc1ccccc1. The Labute approximate surface area is 157 Å². The number of hydrogen-bond donors (Lipinski definition) is 0. The van der Waals surface area contributed by atoms with Crippen LogP contribution in [0.25, 0.3) is 6.08 Å². The Morgan fingerprint density at radius 2 is 1.31 bits per heavy atom. The van der Waals surface area contributed by atoms with Crippen molar-refractivity contribution in [1.82, 2.24) is 0 Å². The molecule has 0 heterocycles. The van der Waals surface area contributed by atoms with Gasteiger partial charge in [0.05, 0.1) is 0 Å². The lowest BCUT2D eigenvalue weighted by Gasteiger charge is -2.09. The summed E-state index contributed by atoms with van der Waals surface area (Å²) in [6.07, 6.45) is 9.13. The molecule has 0 amide bonds. The van der Waals surface area contributed by atoms with Crippen LogP contribution in [0.2, 0.25) is 0 Å². The first-order valence-corrected chi connectivity index (χ1v) is 9.38. The molecular formula is C25H26O. The fraction of sp³-hybridized carbons (Fsp3) is 0.200. The second kappa shape index (κ2) is 10.2. The van der Waals surface area contributed by atoms with E-state index >= 15 is 0 Å². The van der Waals surface area contributed by atoms with Gasteiger partial charge < -0.3 is 4.74 Å². The van der Waals surface area contributed by atoms with Crippen LogP contribution in [-0.4, -0.2) is 0 Å². The van der Waals surface area contributed by atoms with E-state index in [1.165, 1.54) is 24.0 Å². The van der Waals surface area contributed by atoms with Crippen LogP contribution in [0.4, 0.5) is 0 Å². The van der Waals surface area contributed by atoms with Gasteiger partial charge in [0.15, 0.2) is 0 Å². The summed E-state index contributed by atoms with van der Waals surface area (Å²) in [7, 11) is 0. The highest BCUT2D eigenvalue weighted by Gasteiger charge is 2.00. The van der Waals surface area contributed by atoms with Crippen LogP contribution in [0.1, 0.15) is 36.0 Å². The van der Waals surface area contributed by atoms with Gasteiger partial charge in [-0.2, -0.15) is 0 Å². The molecule has 0 aromatic heterocycles. The summed E-state index contributed by atoms with van der Waals surface area (Å²) in [5.74, 6) is 0.942. The molecule has 0 saturated carbocycles. The molecule has 132 valence electrons. The van der Waals surface area contributed by atoms with Crippen molar-refractivity contribution in [2.24, 2.45) is 0 Å². The Morgan fingerprint density at radius 1 is 0.654 bits per heavy atom. The molecule has 1 heteroatoms. The van der Waals surface area contributed by atoms with E-state index in [4.69, 9.17) is 4.74 Å². The van der Waals surface area contributed by atoms with Crippen LogP contribution < -0.4 is 4.74 Å². The first-order valence-electron chi connectivity index (χ1n) is 9.38. The lowest BCUT2D eigenvalue weighted by Crippen LogP contribution is -1.96. The van der Waals surface area contributed by atoms with Crippen molar-refractivity contribution in [2.75, 3.05) is 0 Å². The number of unbranched alkanes of at least 4 members (excludes halogenated alkanes) is 2. The Hall–Kier alpha value is -2.80. The molecule has 0 atom stereocenters. The Morgan fingerprint density at radius 3 is 2.08 bits per heavy atom.